The molecule has 0 aliphatic carbocycles. The number of carboxylic acid groups (broad SMARTS) is 1. The molecule has 10 heteroatoms. The van der Waals surface area contributed by atoms with Crippen LogP contribution in [0.2, 0.25) is 0 Å². The van der Waals surface area contributed by atoms with Gasteiger partial charge in [-0.3, -0.25) is 14.9 Å². The minimum atomic E-state index is -1.07. The zero-order valence-corrected chi connectivity index (χ0v) is 14.4. The Morgan fingerprint density at radius 2 is 2.12 bits per heavy atom. The summed E-state index contributed by atoms with van der Waals surface area (Å²) >= 11 is 0.988. The molecule has 132 valence electrons. The van der Waals surface area contributed by atoms with Gasteiger partial charge in [-0.2, -0.15) is 0 Å². The van der Waals surface area contributed by atoms with E-state index in [4.69, 9.17) is 9.84 Å². The van der Waals surface area contributed by atoms with Crippen LogP contribution in [0.15, 0.2) is 18.2 Å². The van der Waals surface area contributed by atoms with Gasteiger partial charge in [-0.1, -0.05) is 0 Å². The lowest BCUT2D eigenvalue weighted by Gasteiger charge is -2.12. The van der Waals surface area contributed by atoms with Crippen molar-refractivity contribution < 1.29 is 24.4 Å². The molecular formula is C15H15N3O6S. The Morgan fingerprint density at radius 3 is 2.64 bits per heavy atom. The molecule has 9 nitrogen and oxygen atoms in total. The van der Waals surface area contributed by atoms with Gasteiger partial charge in [0.15, 0.2) is 5.75 Å². The number of nitrogens with one attached hydrogen (secondary N) is 1. The number of amides is 1. The molecule has 0 saturated heterocycles. The van der Waals surface area contributed by atoms with Crippen molar-refractivity contribution in [2.75, 3.05) is 7.11 Å². The lowest BCUT2D eigenvalue weighted by molar-refractivity contribution is -0.385. The number of nitro benzene ring substituents is 1. The molecular weight excluding hydrogens is 350 g/mol. The van der Waals surface area contributed by atoms with Crippen molar-refractivity contribution in [1.29, 1.82) is 0 Å². The normalized spacial score (nSPS) is 11.6. The quantitative estimate of drug-likeness (QED) is 0.594. The number of nitrogens with zero attached hydrogens (tertiary/aromatic N) is 2. The summed E-state index contributed by atoms with van der Waals surface area (Å²) in [5.41, 5.74) is 0.320. The zero-order chi connectivity index (χ0) is 18.7. The highest BCUT2D eigenvalue weighted by Gasteiger charge is 2.21. The second-order valence-corrected chi connectivity index (χ2v) is 6.14. The summed E-state index contributed by atoms with van der Waals surface area (Å²) in [6.07, 6.45) is 0. The molecule has 2 rings (SSSR count). The Labute approximate surface area is 146 Å². The Balaban J connectivity index is 2.20. The van der Waals surface area contributed by atoms with Crippen LogP contribution in [0.3, 0.4) is 0 Å². The van der Waals surface area contributed by atoms with Crippen LogP contribution in [0.1, 0.15) is 43.7 Å². The van der Waals surface area contributed by atoms with E-state index >= 15 is 0 Å². The number of hydrogen-bond acceptors (Lipinski definition) is 7. The molecule has 0 aliphatic rings. The van der Waals surface area contributed by atoms with Crippen molar-refractivity contribution in [2.45, 2.75) is 19.9 Å². The molecule has 0 bridgehead atoms. The summed E-state index contributed by atoms with van der Waals surface area (Å²) in [6.45, 7) is 3.25. The smallest absolute Gasteiger partial charge is 0.347 e. The Hall–Kier alpha value is -3.01. The Kier molecular flexibility index (Phi) is 5.32. The molecule has 1 heterocycles. The Morgan fingerprint density at radius 1 is 1.44 bits per heavy atom. The van der Waals surface area contributed by atoms with Gasteiger partial charge in [0.25, 0.3) is 5.91 Å². The molecule has 1 unspecified atom stereocenters. The van der Waals surface area contributed by atoms with E-state index in [0.29, 0.717) is 10.7 Å². The summed E-state index contributed by atoms with van der Waals surface area (Å²) < 4.78 is 4.94. The van der Waals surface area contributed by atoms with Gasteiger partial charge in [0, 0.05) is 17.7 Å². The number of thiazole rings is 1. The number of aryl methyl sites for hydroxylation is 1. The number of aromatic carboxylic acids is 1. The second kappa shape index (κ2) is 7.26. The van der Waals surface area contributed by atoms with Crippen LogP contribution in [0, 0.1) is 17.0 Å². The molecule has 1 atom stereocenters. The molecule has 1 aromatic carbocycles. The van der Waals surface area contributed by atoms with Gasteiger partial charge in [-0.25, -0.2) is 9.78 Å². The number of carbonyl (C=O) groups is 2. The molecule has 0 fully saturated rings. The number of nitro groups is 1. The van der Waals surface area contributed by atoms with Gasteiger partial charge in [0.05, 0.1) is 23.8 Å². The Bertz CT molecular complexity index is 848. The predicted molar refractivity (Wildman–Crippen MR) is 89.3 cm³/mol. The van der Waals surface area contributed by atoms with E-state index in [1.54, 1.807) is 13.8 Å². The third-order valence-electron chi connectivity index (χ3n) is 3.36. The fraction of sp³-hybridized carbons (Fsp3) is 0.267. The summed E-state index contributed by atoms with van der Waals surface area (Å²) in [5, 5.41) is 23.1. The van der Waals surface area contributed by atoms with Crippen LogP contribution < -0.4 is 10.1 Å². The van der Waals surface area contributed by atoms with Crippen molar-refractivity contribution in [3.63, 3.8) is 0 Å². The number of rotatable bonds is 6. The summed E-state index contributed by atoms with van der Waals surface area (Å²) in [7, 11) is 1.28. The van der Waals surface area contributed by atoms with Crippen LogP contribution in [0.4, 0.5) is 5.69 Å². The van der Waals surface area contributed by atoms with Gasteiger partial charge in [0.1, 0.15) is 9.88 Å². The molecule has 2 aromatic rings. The molecule has 0 aliphatic heterocycles. The molecule has 1 aromatic heterocycles. The van der Waals surface area contributed by atoms with Gasteiger partial charge < -0.3 is 15.2 Å². The summed E-state index contributed by atoms with van der Waals surface area (Å²) in [5.74, 6) is -1.58. The van der Waals surface area contributed by atoms with E-state index in [2.05, 4.69) is 10.3 Å². The minimum absolute atomic E-state index is 0.0245. The number of benzene rings is 1. The molecule has 2 N–H and O–H groups in total. The second-order valence-electron chi connectivity index (χ2n) is 5.11. The SMILES string of the molecule is COc1cc(C(=O)NC(C)c2nc(C)c(C(=O)O)s2)ccc1[N+](=O)[O-]. The molecule has 0 spiro atoms. The van der Waals surface area contributed by atoms with Crippen LogP contribution in [0.5, 0.6) is 5.75 Å². The van der Waals surface area contributed by atoms with E-state index in [9.17, 15) is 19.7 Å². The third-order valence-corrected chi connectivity index (χ3v) is 4.69. The third kappa shape index (κ3) is 3.91. The largest absolute Gasteiger partial charge is 0.490 e. The van der Waals surface area contributed by atoms with Crippen LogP contribution >= 0.6 is 11.3 Å². The maximum Gasteiger partial charge on any atom is 0.347 e. The highest BCUT2D eigenvalue weighted by molar-refractivity contribution is 7.13. The maximum atomic E-state index is 12.3. The van der Waals surface area contributed by atoms with Crippen molar-refractivity contribution in [3.8, 4) is 5.75 Å². The zero-order valence-electron chi connectivity index (χ0n) is 13.6. The van der Waals surface area contributed by atoms with E-state index in [0.717, 1.165) is 11.3 Å². The number of carboxylic acids is 1. The van der Waals surface area contributed by atoms with E-state index in [1.807, 2.05) is 0 Å². The fourth-order valence-corrected chi connectivity index (χ4v) is 3.02. The molecule has 25 heavy (non-hydrogen) atoms. The van der Waals surface area contributed by atoms with Crippen LogP contribution in [-0.2, 0) is 0 Å². The van der Waals surface area contributed by atoms with Crippen molar-refractivity contribution in [3.05, 3.63) is 49.5 Å². The van der Waals surface area contributed by atoms with E-state index in [1.165, 1.54) is 25.3 Å². The number of ether oxygens (including phenoxy) is 1. The van der Waals surface area contributed by atoms with Crippen molar-refractivity contribution in [1.82, 2.24) is 10.3 Å². The summed E-state index contributed by atoms with van der Waals surface area (Å²) in [6, 6.07) is 3.26. The van der Waals surface area contributed by atoms with Gasteiger partial charge >= 0.3 is 11.7 Å². The van der Waals surface area contributed by atoms with Gasteiger partial charge in [-0.05, 0) is 19.9 Å². The van der Waals surface area contributed by atoms with Gasteiger partial charge in [0.2, 0.25) is 0 Å². The van der Waals surface area contributed by atoms with Crippen molar-refractivity contribution >= 4 is 28.9 Å². The molecule has 0 saturated carbocycles. The molecule has 0 radical (unpaired) electrons. The molecule has 1 amide bonds. The highest BCUT2D eigenvalue weighted by Crippen LogP contribution is 2.28. The minimum Gasteiger partial charge on any atom is -0.490 e. The number of aromatic nitrogens is 1. The standard InChI is InChI=1S/C15H15N3O6S/c1-7-12(15(20)21)25-14(17-7)8(2)16-13(19)9-4-5-10(18(22)23)11(6-9)24-3/h4-6,8H,1-3H3,(H,16,19)(H,20,21). The maximum absolute atomic E-state index is 12.3. The van der Waals surface area contributed by atoms with E-state index < -0.39 is 22.8 Å². The first kappa shape index (κ1) is 18.3. The fourth-order valence-electron chi connectivity index (χ4n) is 2.11. The van der Waals surface area contributed by atoms with Crippen LogP contribution in [0.25, 0.3) is 0 Å². The number of carbonyl (C=O) groups excluding carboxylic acids is 1. The van der Waals surface area contributed by atoms with E-state index in [-0.39, 0.29) is 21.9 Å². The average molecular weight is 365 g/mol. The first-order valence-electron chi connectivity index (χ1n) is 7.08. The number of hydrogen-bond donors (Lipinski definition) is 2. The van der Waals surface area contributed by atoms with Crippen LogP contribution in [-0.4, -0.2) is 34.0 Å². The average Bonchev–Trinajstić information content (AvgIpc) is 2.96. The van der Waals surface area contributed by atoms with Gasteiger partial charge in [-0.15, -0.1) is 11.3 Å². The summed E-state index contributed by atoms with van der Waals surface area (Å²) in [4.78, 5) is 38.0. The lowest BCUT2D eigenvalue weighted by Crippen LogP contribution is -2.26. The van der Waals surface area contributed by atoms with Crippen molar-refractivity contribution in [2.24, 2.45) is 0 Å². The highest BCUT2D eigenvalue weighted by atomic mass is 32.1. The topological polar surface area (TPSA) is 132 Å². The number of methoxy groups -OCH3 is 1. The lowest BCUT2D eigenvalue weighted by atomic mass is 10.1. The first-order valence-corrected chi connectivity index (χ1v) is 7.90. The monoisotopic (exact) mass is 365 g/mol. The first-order chi connectivity index (χ1) is 11.7. The predicted octanol–water partition coefficient (Wildman–Crippen LogP) is 2.56.